The van der Waals surface area contributed by atoms with E-state index in [0.29, 0.717) is 19.7 Å². The first-order chi connectivity index (χ1) is 13.7. The summed E-state index contributed by atoms with van der Waals surface area (Å²) in [6.45, 7) is 4.15. The first-order valence-corrected chi connectivity index (χ1v) is 10.6. The van der Waals surface area contributed by atoms with Crippen LogP contribution in [-0.2, 0) is 14.3 Å². The summed E-state index contributed by atoms with van der Waals surface area (Å²) in [5.74, 6) is -0.261. The van der Waals surface area contributed by atoms with Gasteiger partial charge in [-0.25, -0.2) is 0 Å². The minimum Gasteiger partial charge on any atom is -0.466 e. The molecule has 1 unspecified atom stereocenters. The average molecular weight is 400 g/mol. The molecule has 1 aliphatic rings. The molecule has 5 nitrogen and oxygen atoms in total. The second-order valence-corrected chi connectivity index (χ2v) is 8.05. The zero-order chi connectivity index (χ0) is 19.8. The number of rotatable bonds is 7. The fraction of sp³-hybridized carbons (Fsp3) is 0.364. The molecule has 0 spiro atoms. The van der Waals surface area contributed by atoms with Crippen molar-refractivity contribution >= 4 is 29.3 Å². The number of hydrogen-bond donors (Lipinski definition) is 2. The van der Waals surface area contributed by atoms with E-state index in [2.05, 4.69) is 17.4 Å². The van der Waals surface area contributed by atoms with Gasteiger partial charge in [0.05, 0.1) is 25.4 Å². The number of nitrogens with one attached hydrogen (secondary N) is 2. The Balaban J connectivity index is 1.58. The second kappa shape index (κ2) is 10.3. The normalized spacial score (nSPS) is 19.0. The van der Waals surface area contributed by atoms with Crippen LogP contribution in [0.4, 0.5) is 5.69 Å². The molecule has 0 saturated carbocycles. The van der Waals surface area contributed by atoms with Crippen LogP contribution in [0.3, 0.4) is 0 Å². The van der Waals surface area contributed by atoms with E-state index in [4.69, 9.17) is 4.74 Å². The van der Waals surface area contributed by atoms with Gasteiger partial charge in [0, 0.05) is 9.79 Å². The monoisotopic (exact) mass is 399 g/mol. The molecule has 0 bridgehead atoms. The lowest BCUT2D eigenvalue weighted by molar-refractivity contribution is -0.899. The van der Waals surface area contributed by atoms with E-state index in [1.807, 2.05) is 49.4 Å². The van der Waals surface area contributed by atoms with Gasteiger partial charge in [-0.2, -0.15) is 0 Å². The summed E-state index contributed by atoms with van der Waals surface area (Å²) in [6.07, 6.45) is 1.78. The Bertz CT molecular complexity index is 797. The molecule has 0 aromatic heterocycles. The molecule has 6 heteroatoms. The van der Waals surface area contributed by atoms with Crippen molar-refractivity contribution in [3.8, 4) is 0 Å². The lowest BCUT2D eigenvalue weighted by atomic mass is 9.98. The van der Waals surface area contributed by atoms with E-state index in [1.54, 1.807) is 11.8 Å². The fourth-order valence-electron chi connectivity index (χ4n) is 3.47. The summed E-state index contributed by atoms with van der Waals surface area (Å²) in [6, 6.07) is 17.9. The largest absolute Gasteiger partial charge is 0.466 e. The van der Waals surface area contributed by atoms with Gasteiger partial charge >= 0.3 is 5.97 Å². The van der Waals surface area contributed by atoms with Crippen molar-refractivity contribution in [1.29, 1.82) is 0 Å². The summed E-state index contributed by atoms with van der Waals surface area (Å²) in [5, 5.41) is 3.05. The fourth-order valence-corrected chi connectivity index (χ4v) is 4.39. The summed E-state index contributed by atoms with van der Waals surface area (Å²) in [5.41, 5.74) is 0.819. The van der Waals surface area contributed by atoms with E-state index in [9.17, 15) is 9.59 Å². The molecule has 0 radical (unpaired) electrons. The van der Waals surface area contributed by atoms with Crippen LogP contribution < -0.4 is 10.2 Å². The third-order valence-corrected chi connectivity index (χ3v) is 5.86. The number of benzene rings is 2. The number of amides is 1. The van der Waals surface area contributed by atoms with Gasteiger partial charge in [0.2, 0.25) is 0 Å². The van der Waals surface area contributed by atoms with Crippen molar-refractivity contribution in [3.63, 3.8) is 0 Å². The van der Waals surface area contributed by atoms with Crippen LogP contribution in [0.25, 0.3) is 0 Å². The van der Waals surface area contributed by atoms with Crippen LogP contribution in [0.2, 0.25) is 0 Å². The van der Waals surface area contributed by atoms with Gasteiger partial charge in [-0.1, -0.05) is 42.1 Å². The molecule has 1 aliphatic heterocycles. The Morgan fingerprint density at radius 3 is 2.68 bits per heavy atom. The van der Waals surface area contributed by atoms with E-state index in [1.165, 1.54) is 0 Å². The quantitative estimate of drug-likeness (QED) is 0.703. The third kappa shape index (κ3) is 5.84. The van der Waals surface area contributed by atoms with Crippen molar-refractivity contribution in [2.75, 3.05) is 31.6 Å². The van der Waals surface area contributed by atoms with Crippen LogP contribution in [-0.4, -0.2) is 38.1 Å². The molecular weight excluding hydrogens is 372 g/mol. The Morgan fingerprint density at radius 2 is 1.89 bits per heavy atom. The second-order valence-electron chi connectivity index (χ2n) is 6.93. The van der Waals surface area contributed by atoms with Gasteiger partial charge < -0.3 is 15.0 Å². The van der Waals surface area contributed by atoms with Gasteiger partial charge in [-0.15, -0.1) is 0 Å². The Morgan fingerprint density at radius 1 is 1.14 bits per heavy atom. The minimum atomic E-state index is -0.135. The van der Waals surface area contributed by atoms with Gasteiger partial charge in [-0.05, 0) is 44.0 Å². The highest BCUT2D eigenvalue weighted by atomic mass is 32.2. The number of carbonyl (C=O) groups is 2. The molecule has 1 fully saturated rings. The number of para-hydroxylation sites is 1. The maximum Gasteiger partial charge on any atom is 0.314 e. The molecule has 2 atom stereocenters. The predicted octanol–water partition coefficient (Wildman–Crippen LogP) is 2.63. The van der Waals surface area contributed by atoms with Gasteiger partial charge in [0.1, 0.15) is 5.92 Å². The van der Waals surface area contributed by atoms with Crippen LogP contribution in [0.5, 0.6) is 0 Å². The molecule has 28 heavy (non-hydrogen) atoms. The van der Waals surface area contributed by atoms with Crippen LogP contribution in [0.15, 0.2) is 64.4 Å². The lowest BCUT2D eigenvalue weighted by Gasteiger charge is -2.28. The molecule has 2 aromatic carbocycles. The summed E-state index contributed by atoms with van der Waals surface area (Å²) in [7, 11) is 0. The SMILES string of the molecule is CCOC(=O)[C@H]1CCC[NH+](CC(=O)Nc2ccccc2Sc2ccccc2)C1. The van der Waals surface area contributed by atoms with E-state index in [-0.39, 0.29) is 17.8 Å². The molecule has 2 N–H and O–H groups in total. The third-order valence-electron chi connectivity index (χ3n) is 4.78. The number of ether oxygens (including phenoxy) is 1. The molecule has 3 rings (SSSR count). The smallest absolute Gasteiger partial charge is 0.314 e. The maximum absolute atomic E-state index is 12.6. The number of esters is 1. The zero-order valence-corrected chi connectivity index (χ0v) is 17.0. The van der Waals surface area contributed by atoms with Crippen molar-refractivity contribution in [1.82, 2.24) is 0 Å². The number of likely N-dealkylation sites (tertiary alicyclic amines) is 1. The molecule has 148 valence electrons. The summed E-state index contributed by atoms with van der Waals surface area (Å²) < 4.78 is 5.15. The molecule has 1 amide bonds. The number of piperidine rings is 1. The number of anilines is 1. The molecular formula is C22H27N2O3S+. The summed E-state index contributed by atoms with van der Waals surface area (Å²) in [4.78, 5) is 27.9. The number of carbonyl (C=O) groups excluding carboxylic acids is 2. The molecule has 2 aromatic rings. The summed E-state index contributed by atoms with van der Waals surface area (Å²) >= 11 is 1.63. The zero-order valence-electron chi connectivity index (χ0n) is 16.1. The van der Waals surface area contributed by atoms with Crippen LogP contribution in [0.1, 0.15) is 19.8 Å². The lowest BCUT2D eigenvalue weighted by Crippen LogP contribution is -3.14. The Hall–Kier alpha value is -2.31. The average Bonchev–Trinajstić information content (AvgIpc) is 2.70. The van der Waals surface area contributed by atoms with E-state index < -0.39 is 0 Å². The highest BCUT2D eigenvalue weighted by Gasteiger charge is 2.30. The molecule has 1 saturated heterocycles. The highest BCUT2D eigenvalue weighted by molar-refractivity contribution is 7.99. The number of hydrogen-bond acceptors (Lipinski definition) is 4. The standard InChI is InChI=1S/C22H26N2O3S/c1-2-27-22(26)17-9-8-14-24(15-17)16-21(25)23-19-12-6-7-13-20(19)28-18-10-4-3-5-11-18/h3-7,10-13,17H,2,8-9,14-16H2,1H3,(H,23,25)/p+1/t17-/m0/s1. The Kier molecular flexibility index (Phi) is 7.51. The van der Waals surface area contributed by atoms with E-state index >= 15 is 0 Å². The Labute approximate surface area is 170 Å². The first kappa shape index (κ1) is 20.4. The van der Waals surface area contributed by atoms with Crippen LogP contribution >= 0.6 is 11.8 Å². The topological polar surface area (TPSA) is 59.8 Å². The van der Waals surface area contributed by atoms with Crippen LogP contribution in [0, 0.1) is 5.92 Å². The predicted molar refractivity (Wildman–Crippen MR) is 111 cm³/mol. The number of quaternary nitrogens is 1. The molecule has 0 aliphatic carbocycles. The van der Waals surface area contributed by atoms with Crippen molar-refractivity contribution < 1.29 is 19.2 Å². The van der Waals surface area contributed by atoms with Gasteiger partial charge in [-0.3, -0.25) is 9.59 Å². The van der Waals surface area contributed by atoms with Gasteiger partial charge in [0.15, 0.2) is 6.54 Å². The minimum absolute atomic E-state index is 0.0272. The van der Waals surface area contributed by atoms with E-state index in [0.717, 1.165) is 39.8 Å². The van der Waals surface area contributed by atoms with Crippen molar-refractivity contribution in [2.45, 2.75) is 29.6 Å². The highest BCUT2D eigenvalue weighted by Crippen LogP contribution is 2.33. The first-order valence-electron chi connectivity index (χ1n) is 9.77. The van der Waals surface area contributed by atoms with Crippen molar-refractivity contribution in [3.05, 3.63) is 54.6 Å². The maximum atomic E-state index is 12.6. The molecule has 1 heterocycles. The van der Waals surface area contributed by atoms with Crippen molar-refractivity contribution in [2.24, 2.45) is 5.92 Å². The van der Waals surface area contributed by atoms with Gasteiger partial charge in [0.25, 0.3) is 5.91 Å².